The summed E-state index contributed by atoms with van der Waals surface area (Å²) in [5, 5.41) is 13.8. The first kappa shape index (κ1) is 11.8. The Morgan fingerprint density at radius 2 is 2.12 bits per heavy atom. The number of carbonyl (C=O) groups excluding carboxylic acids is 1. The molecular weight excluding hydrogens is 222 g/mol. The predicted octanol–water partition coefficient (Wildman–Crippen LogP) is -0.182. The number of nitrogens with two attached hydrogens (primary N) is 1. The van der Waals surface area contributed by atoms with E-state index in [0.29, 0.717) is 12.8 Å². The van der Waals surface area contributed by atoms with Crippen LogP contribution in [-0.4, -0.2) is 26.9 Å². The number of aliphatic hydroxyl groups is 1. The Hall–Kier alpha value is -1.69. The van der Waals surface area contributed by atoms with Gasteiger partial charge in [-0.1, -0.05) is 12.8 Å². The van der Waals surface area contributed by atoms with Crippen molar-refractivity contribution < 1.29 is 9.90 Å². The van der Waals surface area contributed by atoms with Gasteiger partial charge in [-0.15, -0.1) is 0 Å². The molecule has 0 aromatic carbocycles. The van der Waals surface area contributed by atoms with Gasteiger partial charge in [0.2, 0.25) is 0 Å². The van der Waals surface area contributed by atoms with E-state index in [1.54, 1.807) is 0 Å². The zero-order chi connectivity index (χ0) is 12.4. The molecular formula is C11H15N3O3. The van der Waals surface area contributed by atoms with Crippen molar-refractivity contribution in [2.75, 3.05) is 0 Å². The van der Waals surface area contributed by atoms with Crippen LogP contribution in [0, 0.1) is 0 Å². The Kier molecular flexibility index (Phi) is 3.23. The molecule has 1 saturated carbocycles. The molecule has 0 bridgehead atoms. The zero-order valence-electron chi connectivity index (χ0n) is 9.37. The number of primary amides is 1. The highest BCUT2D eigenvalue weighted by atomic mass is 16.3. The third-order valence-electron chi connectivity index (χ3n) is 3.09. The second-order valence-corrected chi connectivity index (χ2v) is 4.28. The Morgan fingerprint density at radius 1 is 1.41 bits per heavy atom. The summed E-state index contributed by atoms with van der Waals surface area (Å²) in [7, 11) is 0. The van der Waals surface area contributed by atoms with Crippen LogP contribution in [0.2, 0.25) is 0 Å². The van der Waals surface area contributed by atoms with Crippen molar-refractivity contribution >= 4 is 5.91 Å². The van der Waals surface area contributed by atoms with Crippen molar-refractivity contribution in [3.8, 4) is 0 Å². The molecule has 17 heavy (non-hydrogen) atoms. The van der Waals surface area contributed by atoms with E-state index in [0.717, 1.165) is 12.8 Å². The van der Waals surface area contributed by atoms with E-state index in [1.807, 2.05) is 0 Å². The van der Waals surface area contributed by atoms with Gasteiger partial charge in [-0.3, -0.25) is 9.59 Å². The highest BCUT2D eigenvalue weighted by Gasteiger charge is 2.26. The van der Waals surface area contributed by atoms with E-state index in [9.17, 15) is 14.7 Å². The average molecular weight is 237 g/mol. The molecule has 6 nitrogen and oxygen atoms in total. The molecule has 1 aromatic rings. The SMILES string of the molecule is NC(=O)c1ccc(=O)n([C@H]2CCCC[C@@H]2O)n1. The number of hydrogen-bond donors (Lipinski definition) is 2. The van der Waals surface area contributed by atoms with Crippen LogP contribution in [0.3, 0.4) is 0 Å². The van der Waals surface area contributed by atoms with Crippen molar-refractivity contribution in [2.45, 2.75) is 37.8 Å². The molecule has 3 N–H and O–H groups in total. The summed E-state index contributed by atoms with van der Waals surface area (Å²) in [4.78, 5) is 22.7. The largest absolute Gasteiger partial charge is 0.391 e. The standard InChI is InChI=1S/C11H15N3O3/c12-11(17)7-5-6-10(16)14(13-7)8-3-1-2-4-9(8)15/h5-6,8-9,15H,1-4H2,(H2,12,17)/t8-,9-/m0/s1. The minimum atomic E-state index is -0.677. The highest BCUT2D eigenvalue weighted by Crippen LogP contribution is 2.26. The summed E-state index contributed by atoms with van der Waals surface area (Å²) < 4.78 is 1.18. The van der Waals surface area contributed by atoms with Gasteiger partial charge in [0.15, 0.2) is 0 Å². The van der Waals surface area contributed by atoms with E-state index in [2.05, 4.69) is 5.10 Å². The van der Waals surface area contributed by atoms with Crippen LogP contribution in [0.25, 0.3) is 0 Å². The van der Waals surface area contributed by atoms with Crippen LogP contribution in [-0.2, 0) is 0 Å². The third kappa shape index (κ3) is 2.36. The summed E-state index contributed by atoms with van der Waals surface area (Å²) >= 11 is 0. The summed E-state index contributed by atoms with van der Waals surface area (Å²) in [6, 6.07) is 2.21. The van der Waals surface area contributed by atoms with Gasteiger partial charge in [0.25, 0.3) is 11.5 Å². The van der Waals surface area contributed by atoms with E-state index < -0.39 is 12.0 Å². The molecule has 2 rings (SSSR count). The minimum absolute atomic E-state index is 0.0439. The first-order chi connectivity index (χ1) is 8.09. The Labute approximate surface area is 98.1 Å². The maximum absolute atomic E-state index is 11.7. The molecule has 1 aromatic heterocycles. The number of aromatic nitrogens is 2. The second-order valence-electron chi connectivity index (χ2n) is 4.28. The summed E-state index contributed by atoms with van der Waals surface area (Å²) in [6.07, 6.45) is 2.64. The third-order valence-corrected chi connectivity index (χ3v) is 3.09. The average Bonchev–Trinajstić information content (AvgIpc) is 2.30. The first-order valence-corrected chi connectivity index (χ1v) is 5.67. The lowest BCUT2D eigenvalue weighted by Gasteiger charge is -2.28. The summed E-state index contributed by atoms with van der Waals surface area (Å²) in [5.41, 5.74) is 4.84. The number of aliphatic hydroxyl groups excluding tert-OH is 1. The van der Waals surface area contributed by atoms with Gasteiger partial charge in [0, 0.05) is 6.07 Å². The normalized spacial score (nSPS) is 24.5. The zero-order valence-corrected chi connectivity index (χ0v) is 9.37. The van der Waals surface area contributed by atoms with Gasteiger partial charge in [-0.05, 0) is 18.9 Å². The monoisotopic (exact) mass is 237 g/mol. The lowest BCUT2D eigenvalue weighted by Crippen LogP contribution is -2.37. The highest BCUT2D eigenvalue weighted by molar-refractivity contribution is 5.90. The van der Waals surface area contributed by atoms with E-state index in [4.69, 9.17) is 5.73 Å². The molecule has 0 aliphatic heterocycles. The lowest BCUT2D eigenvalue weighted by atomic mass is 9.93. The topological polar surface area (TPSA) is 98.2 Å². The molecule has 0 unspecified atom stereocenters. The van der Waals surface area contributed by atoms with Crippen LogP contribution in [0.5, 0.6) is 0 Å². The quantitative estimate of drug-likeness (QED) is 0.745. The molecule has 1 heterocycles. The van der Waals surface area contributed by atoms with Crippen molar-refractivity contribution in [1.82, 2.24) is 9.78 Å². The van der Waals surface area contributed by atoms with Crippen molar-refractivity contribution in [3.05, 3.63) is 28.2 Å². The molecule has 1 aliphatic rings. The smallest absolute Gasteiger partial charge is 0.269 e. The maximum Gasteiger partial charge on any atom is 0.269 e. The van der Waals surface area contributed by atoms with E-state index in [-0.39, 0.29) is 17.3 Å². The Morgan fingerprint density at radius 3 is 2.76 bits per heavy atom. The van der Waals surface area contributed by atoms with Gasteiger partial charge in [-0.2, -0.15) is 5.10 Å². The fraction of sp³-hybridized carbons (Fsp3) is 0.545. The predicted molar refractivity (Wildman–Crippen MR) is 60.5 cm³/mol. The number of amides is 1. The molecule has 1 fully saturated rings. The fourth-order valence-electron chi connectivity index (χ4n) is 2.17. The number of hydrogen-bond acceptors (Lipinski definition) is 4. The number of nitrogens with zero attached hydrogens (tertiary/aromatic N) is 2. The second kappa shape index (κ2) is 4.67. The van der Waals surface area contributed by atoms with Gasteiger partial charge >= 0.3 is 0 Å². The van der Waals surface area contributed by atoms with Crippen molar-refractivity contribution in [3.63, 3.8) is 0 Å². The van der Waals surface area contributed by atoms with E-state index >= 15 is 0 Å². The van der Waals surface area contributed by atoms with Crippen LogP contribution in [0.1, 0.15) is 42.2 Å². The van der Waals surface area contributed by atoms with Crippen LogP contribution in [0.15, 0.2) is 16.9 Å². The molecule has 6 heteroatoms. The van der Waals surface area contributed by atoms with Crippen LogP contribution in [0.4, 0.5) is 0 Å². The molecule has 0 spiro atoms. The lowest BCUT2D eigenvalue weighted by molar-refractivity contribution is 0.0661. The van der Waals surface area contributed by atoms with Gasteiger partial charge in [0.05, 0.1) is 12.1 Å². The molecule has 0 saturated heterocycles. The first-order valence-electron chi connectivity index (χ1n) is 5.67. The molecule has 1 aliphatic carbocycles. The van der Waals surface area contributed by atoms with Crippen LogP contribution >= 0.6 is 0 Å². The molecule has 2 atom stereocenters. The Bertz CT molecular complexity index is 483. The molecule has 1 amide bonds. The number of carbonyl (C=O) groups is 1. The number of rotatable bonds is 2. The molecule has 92 valence electrons. The summed E-state index contributed by atoms with van der Waals surface area (Å²) in [5.74, 6) is -0.677. The van der Waals surface area contributed by atoms with Crippen molar-refractivity contribution in [2.24, 2.45) is 5.73 Å². The fourth-order valence-corrected chi connectivity index (χ4v) is 2.17. The Balaban J connectivity index is 2.39. The summed E-state index contributed by atoms with van der Waals surface area (Å²) in [6.45, 7) is 0. The molecule has 0 radical (unpaired) electrons. The minimum Gasteiger partial charge on any atom is -0.391 e. The van der Waals surface area contributed by atoms with Gasteiger partial charge in [0.1, 0.15) is 5.69 Å². The van der Waals surface area contributed by atoms with Gasteiger partial charge < -0.3 is 10.8 Å². The van der Waals surface area contributed by atoms with Crippen LogP contribution < -0.4 is 11.3 Å². The van der Waals surface area contributed by atoms with Crippen molar-refractivity contribution in [1.29, 1.82) is 0 Å². The van der Waals surface area contributed by atoms with Gasteiger partial charge in [-0.25, -0.2) is 4.68 Å². The maximum atomic E-state index is 11.7. The van der Waals surface area contributed by atoms with E-state index in [1.165, 1.54) is 16.8 Å².